The van der Waals surface area contributed by atoms with Crippen LogP contribution in [0.5, 0.6) is 11.5 Å². The van der Waals surface area contributed by atoms with Crippen LogP contribution < -0.4 is 4.74 Å². The maximum atomic E-state index is 6.80. The molecule has 0 N–H and O–H groups in total. The highest BCUT2D eigenvalue weighted by molar-refractivity contribution is 6.01. The summed E-state index contributed by atoms with van der Waals surface area (Å²) in [6, 6.07) is 68.8. The Balaban J connectivity index is 1.27. The van der Waals surface area contributed by atoms with E-state index in [1.54, 1.807) is 0 Å². The number of ether oxygens (including phenoxy) is 1. The molecule has 0 bridgehead atoms. The van der Waals surface area contributed by atoms with Crippen LogP contribution in [0.4, 0.5) is 0 Å². The van der Waals surface area contributed by atoms with Gasteiger partial charge in [-0.25, -0.2) is 0 Å². The lowest BCUT2D eigenvalue weighted by molar-refractivity contribution is 0.427. The lowest BCUT2D eigenvalue weighted by Gasteiger charge is -2.38. The van der Waals surface area contributed by atoms with E-state index in [1.165, 1.54) is 66.4 Å². The molecule has 50 heavy (non-hydrogen) atoms. The van der Waals surface area contributed by atoms with E-state index in [2.05, 4.69) is 195 Å². The highest BCUT2D eigenvalue weighted by Crippen LogP contribution is 2.60. The van der Waals surface area contributed by atoms with E-state index in [9.17, 15) is 0 Å². The van der Waals surface area contributed by atoms with E-state index in [0.717, 1.165) is 17.1 Å². The van der Waals surface area contributed by atoms with Crippen LogP contribution in [0.2, 0.25) is 0 Å². The summed E-state index contributed by atoms with van der Waals surface area (Å²) >= 11 is 0. The summed E-state index contributed by atoms with van der Waals surface area (Å²) in [5.41, 5.74) is 12.8. The van der Waals surface area contributed by atoms with Crippen molar-refractivity contribution in [3.05, 3.63) is 227 Å². The summed E-state index contributed by atoms with van der Waals surface area (Å²) in [5.74, 6) is 1.80. The van der Waals surface area contributed by atoms with Gasteiger partial charge in [0.05, 0.1) is 5.41 Å². The summed E-state index contributed by atoms with van der Waals surface area (Å²) in [5, 5.41) is 2.53. The van der Waals surface area contributed by atoms with E-state index in [0.29, 0.717) is 0 Å². The fraction of sp³-hybridized carbons (Fsp3) is 0.0612. The third kappa shape index (κ3) is 3.89. The molecule has 1 heterocycles. The molecule has 1 heteroatoms. The van der Waals surface area contributed by atoms with Crippen molar-refractivity contribution in [2.45, 2.75) is 17.8 Å². The Bertz CT molecular complexity index is 2580. The highest BCUT2D eigenvalue weighted by atomic mass is 16.5. The van der Waals surface area contributed by atoms with E-state index >= 15 is 0 Å². The zero-order valence-corrected chi connectivity index (χ0v) is 27.8. The molecule has 1 aliphatic carbocycles. The van der Waals surface area contributed by atoms with Crippen LogP contribution in [0.3, 0.4) is 0 Å². The van der Waals surface area contributed by atoms with Crippen molar-refractivity contribution in [1.29, 1.82) is 0 Å². The van der Waals surface area contributed by atoms with Gasteiger partial charge in [0.2, 0.25) is 0 Å². The summed E-state index contributed by atoms with van der Waals surface area (Å²) in [6.45, 7) is 2.33. The van der Waals surface area contributed by atoms with Crippen LogP contribution in [-0.2, 0) is 10.8 Å². The van der Waals surface area contributed by atoms with Crippen LogP contribution in [0.15, 0.2) is 188 Å². The Hall–Kier alpha value is -6.18. The molecule has 2 aliphatic rings. The van der Waals surface area contributed by atoms with Crippen LogP contribution >= 0.6 is 0 Å². The molecular weight excluding hydrogens is 605 g/mol. The average molecular weight is 639 g/mol. The highest BCUT2D eigenvalue weighted by Gasteiger charge is 2.48. The Kier molecular flexibility index (Phi) is 6.29. The fourth-order valence-corrected chi connectivity index (χ4v) is 9.07. The molecule has 0 fully saturated rings. The first-order chi connectivity index (χ1) is 24.7. The summed E-state index contributed by atoms with van der Waals surface area (Å²) in [6.07, 6.45) is 0. The molecule has 8 aromatic rings. The zero-order chi connectivity index (χ0) is 33.3. The van der Waals surface area contributed by atoms with Gasteiger partial charge in [-0.05, 0) is 79.9 Å². The predicted octanol–water partition coefficient (Wildman–Crippen LogP) is 12.3. The largest absolute Gasteiger partial charge is 0.457 e. The Morgan fingerprint density at radius 1 is 0.400 bits per heavy atom. The van der Waals surface area contributed by atoms with Crippen molar-refractivity contribution in [3.63, 3.8) is 0 Å². The first-order valence-electron chi connectivity index (χ1n) is 17.4. The molecule has 236 valence electrons. The number of hydrogen-bond donors (Lipinski definition) is 0. The van der Waals surface area contributed by atoms with Crippen molar-refractivity contribution >= 4 is 10.8 Å². The molecule has 1 nitrogen and oxygen atoms in total. The molecule has 10 rings (SSSR count). The van der Waals surface area contributed by atoms with Crippen molar-refractivity contribution in [3.8, 4) is 33.8 Å². The van der Waals surface area contributed by atoms with Crippen molar-refractivity contribution < 1.29 is 4.74 Å². The third-order valence-corrected chi connectivity index (χ3v) is 11.3. The lowest BCUT2D eigenvalue weighted by Crippen LogP contribution is -2.30. The second kappa shape index (κ2) is 10.9. The van der Waals surface area contributed by atoms with Gasteiger partial charge in [0, 0.05) is 16.5 Å². The summed E-state index contributed by atoms with van der Waals surface area (Å²) in [4.78, 5) is 0. The van der Waals surface area contributed by atoms with Gasteiger partial charge >= 0.3 is 0 Å². The summed E-state index contributed by atoms with van der Waals surface area (Å²) < 4.78 is 6.80. The van der Waals surface area contributed by atoms with Gasteiger partial charge < -0.3 is 4.74 Å². The van der Waals surface area contributed by atoms with Gasteiger partial charge in [-0.15, -0.1) is 0 Å². The Labute approximate surface area is 293 Å². The third-order valence-electron chi connectivity index (χ3n) is 11.3. The Morgan fingerprint density at radius 2 is 0.980 bits per heavy atom. The van der Waals surface area contributed by atoms with E-state index in [4.69, 9.17) is 4.74 Å². The smallest absolute Gasteiger partial charge is 0.132 e. The van der Waals surface area contributed by atoms with Crippen LogP contribution in [0.25, 0.3) is 33.0 Å². The minimum absolute atomic E-state index is 0.364. The molecule has 0 spiro atoms. The predicted molar refractivity (Wildman–Crippen MR) is 205 cm³/mol. The van der Waals surface area contributed by atoms with Crippen molar-refractivity contribution in [2.75, 3.05) is 0 Å². The van der Waals surface area contributed by atoms with Crippen LogP contribution in [0.1, 0.15) is 45.9 Å². The molecule has 0 amide bonds. The molecule has 1 aliphatic heterocycles. The number of para-hydroxylation sites is 1. The minimum atomic E-state index is -0.549. The topological polar surface area (TPSA) is 9.23 Å². The number of hydrogen-bond acceptors (Lipinski definition) is 1. The molecule has 0 radical (unpaired) electrons. The molecular formula is C49H34O. The van der Waals surface area contributed by atoms with E-state index in [1.807, 2.05) is 0 Å². The Morgan fingerprint density at radius 3 is 1.76 bits per heavy atom. The standard InChI is InChI=1S/C49H34O/c1-48(35-17-4-2-5-18-35)43-26-14-15-27-45(43)50-46-32-34(29-31-44(46)48)37-21-10-12-24-41(37)49(36-19-6-3-7-20-36)42-25-13-11-23-39(42)40-30-28-33-16-8-9-22-38(33)47(40)49/h2-32H,1H3. The maximum absolute atomic E-state index is 6.80. The lowest BCUT2D eigenvalue weighted by atomic mass is 9.65. The van der Waals surface area contributed by atoms with Gasteiger partial charge in [-0.2, -0.15) is 0 Å². The minimum Gasteiger partial charge on any atom is -0.457 e. The summed E-state index contributed by atoms with van der Waals surface area (Å²) in [7, 11) is 0. The average Bonchev–Trinajstić information content (AvgIpc) is 3.50. The van der Waals surface area contributed by atoms with Crippen molar-refractivity contribution in [1.82, 2.24) is 0 Å². The van der Waals surface area contributed by atoms with E-state index < -0.39 is 5.41 Å². The molecule has 0 saturated carbocycles. The van der Waals surface area contributed by atoms with Gasteiger partial charge in [-0.3, -0.25) is 0 Å². The van der Waals surface area contributed by atoms with Crippen molar-refractivity contribution in [2.24, 2.45) is 0 Å². The molecule has 0 aromatic heterocycles. The maximum Gasteiger partial charge on any atom is 0.132 e. The monoisotopic (exact) mass is 638 g/mol. The van der Waals surface area contributed by atoms with Gasteiger partial charge in [0.15, 0.2) is 0 Å². The number of rotatable bonds is 4. The first-order valence-corrected chi connectivity index (χ1v) is 17.4. The van der Waals surface area contributed by atoms with Crippen LogP contribution in [0, 0.1) is 0 Å². The van der Waals surface area contributed by atoms with E-state index in [-0.39, 0.29) is 5.41 Å². The quantitative estimate of drug-likeness (QED) is 0.186. The van der Waals surface area contributed by atoms with Gasteiger partial charge in [-0.1, -0.05) is 176 Å². The SMILES string of the molecule is CC1(c2ccccc2)c2ccccc2Oc2cc(-c3ccccc3C3(c4ccccc4)c4ccccc4-c4ccc5ccccc5c43)ccc21. The second-order valence-corrected chi connectivity index (χ2v) is 13.7. The normalized spacial score (nSPS) is 18.4. The zero-order valence-electron chi connectivity index (χ0n) is 27.8. The van der Waals surface area contributed by atoms with Gasteiger partial charge in [0.1, 0.15) is 11.5 Å². The molecule has 0 saturated heterocycles. The number of fused-ring (bicyclic) bond motifs is 7. The van der Waals surface area contributed by atoms with Crippen LogP contribution in [-0.4, -0.2) is 0 Å². The second-order valence-electron chi connectivity index (χ2n) is 13.7. The van der Waals surface area contributed by atoms with Gasteiger partial charge in [0.25, 0.3) is 0 Å². The number of benzene rings is 8. The fourth-order valence-electron chi connectivity index (χ4n) is 9.07. The molecule has 2 unspecified atom stereocenters. The first kappa shape index (κ1) is 28.8. The molecule has 2 atom stereocenters. The molecule has 8 aromatic carbocycles.